The number of hydrogen-bond acceptors (Lipinski definition) is 3. The third-order valence-electron chi connectivity index (χ3n) is 2.02. The minimum Gasteiger partial charge on any atom is -0.497 e. The Kier molecular flexibility index (Phi) is 1.01. The van der Waals surface area contributed by atoms with Gasteiger partial charge >= 0.3 is 5.97 Å². The molecule has 10 heavy (non-hydrogen) atoms. The van der Waals surface area contributed by atoms with E-state index in [1.807, 2.05) is 6.08 Å². The van der Waals surface area contributed by atoms with Crippen LogP contribution in [0.1, 0.15) is 0 Å². The van der Waals surface area contributed by atoms with Crippen LogP contribution in [0.4, 0.5) is 0 Å². The number of methoxy groups -OCH3 is 1. The number of hydrogen-bond donors (Lipinski definition) is 0. The van der Waals surface area contributed by atoms with Crippen LogP contribution in [0.25, 0.3) is 0 Å². The second-order valence-corrected chi connectivity index (χ2v) is 2.56. The maximum Gasteiger partial charge on any atom is 0.313 e. The van der Waals surface area contributed by atoms with Gasteiger partial charge in [-0.1, -0.05) is 0 Å². The monoisotopic (exact) mass is 140 g/mol. The van der Waals surface area contributed by atoms with E-state index in [4.69, 9.17) is 4.74 Å². The van der Waals surface area contributed by atoms with Gasteiger partial charge in [0.1, 0.15) is 12.0 Å². The normalized spacial score (nSPS) is 40.3. The van der Waals surface area contributed by atoms with E-state index in [-0.39, 0.29) is 18.0 Å². The summed E-state index contributed by atoms with van der Waals surface area (Å²) in [5, 5.41) is 0. The minimum absolute atomic E-state index is 0.0185. The average Bonchev–Trinajstić information content (AvgIpc) is 2.43. The summed E-state index contributed by atoms with van der Waals surface area (Å²) in [5.74, 6) is 0.127. The van der Waals surface area contributed by atoms with Gasteiger partial charge in [0.25, 0.3) is 0 Å². The molecule has 0 radical (unpaired) electrons. The Morgan fingerprint density at radius 2 is 2.50 bits per heavy atom. The van der Waals surface area contributed by atoms with E-state index >= 15 is 0 Å². The zero-order chi connectivity index (χ0) is 7.14. The molecule has 0 bridgehead atoms. The van der Waals surface area contributed by atoms with Gasteiger partial charge < -0.3 is 9.47 Å². The molecular weight excluding hydrogens is 132 g/mol. The zero-order valence-electron chi connectivity index (χ0n) is 5.61. The van der Waals surface area contributed by atoms with Crippen LogP contribution in [0.5, 0.6) is 0 Å². The molecule has 3 atom stereocenters. The van der Waals surface area contributed by atoms with Crippen molar-refractivity contribution in [1.82, 2.24) is 0 Å². The van der Waals surface area contributed by atoms with Crippen molar-refractivity contribution in [3.63, 3.8) is 0 Å². The highest BCUT2D eigenvalue weighted by atomic mass is 16.5. The molecule has 0 aromatic rings. The van der Waals surface area contributed by atoms with Gasteiger partial charge in [-0.2, -0.15) is 0 Å². The molecule has 0 saturated heterocycles. The Morgan fingerprint density at radius 1 is 1.70 bits per heavy atom. The highest BCUT2D eigenvalue weighted by molar-refractivity contribution is 5.78. The van der Waals surface area contributed by atoms with Gasteiger partial charge in [0.15, 0.2) is 0 Å². The fourth-order valence-corrected chi connectivity index (χ4v) is 1.36. The van der Waals surface area contributed by atoms with E-state index in [2.05, 4.69) is 4.74 Å². The predicted octanol–water partition coefficient (Wildman–Crippen LogP) is 0.318. The quantitative estimate of drug-likeness (QED) is 0.492. The fourth-order valence-electron chi connectivity index (χ4n) is 1.36. The van der Waals surface area contributed by atoms with Crippen molar-refractivity contribution in [2.24, 2.45) is 11.8 Å². The second kappa shape index (κ2) is 1.75. The van der Waals surface area contributed by atoms with E-state index in [1.54, 1.807) is 6.26 Å². The number of rotatable bonds is 1. The predicted molar refractivity (Wildman–Crippen MR) is 33.0 cm³/mol. The lowest BCUT2D eigenvalue weighted by Gasteiger charge is -1.97. The van der Waals surface area contributed by atoms with Crippen molar-refractivity contribution in [2.45, 2.75) is 6.10 Å². The summed E-state index contributed by atoms with van der Waals surface area (Å²) < 4.78 is 9.64. The summed E-state index contributed by atoms with van der Waals surface area (Å²) in [6.07, 6.45) is 3.65. The number of ether oxygens (including phenoxy) is 2. The lowest BCUT2D eigenvalue weighted by molar-refractivity contribution is -0.143. The SMILES string of the molecule is COC(=O)[C@@H]1[C@@H]2C=CO[C@H]21. The first-order valence-electron chi connectivity index (χ1n) is 3.24. The molecule has 54 valence electrons. The molecule has 0 aromatic carbocycles. The summed E-state index contributed by atoms with van der Waals surface area (Å²) in [7, 11) is 1.40. The molecular formula is C7H8O3. The maximum atomic E-state index is 10.9. The van der Waals surface area contributed by atoms with Crippen LogP contribution in [0, 0.1) is 11.8 Å². The molecule has 3 heteroatoms. The molecule has 0 aromatic heterocycles. The summed E-state index contributed by atoms with van der Waals surface area (Å²) in [4.78, 5) is 10.9. The average molecular weight is 140 g/mol. The van der Waals surface area contributed by atoms with E-state index in [0.29, 0.717) is 5.92 Å². The lowest BCUT2D eigenvalue weighted by Crippen LogP contribution is -2.07. The van der Waals surface area contributed by atoms with Gasteiger partial charge in [0, 0.05) is 5.92 Å². The summed E-state index contributed by atoms with van der Waals surface area (Å²) in [5.41, 5.74) is 0. The van der Waals surface area contributed by atoms with Gasteiger partial charge in [-0.05, 0) is 6.08 Å². The molecule has 2 rings (SSSR count). The van der Waals surface area contributed by atoms with Crippen LogP contribution >= 0.6 is 0 Å². The van der Waals surface area contributed by atoms with Crippen molar-refractivity contribution in [1.29, 1.82) is 0 Å². The van der Waals surface area contributed by atoms with Crippen LogP contribution < -0.4 is 0 Å². The van der Waals surface area contributed by atoms with Crippen LogP contribution in [0.3, 0.4) is 0 Å². The summed E-state index contributed by atoms with van der Waals surface area (Å²) >= 11 is 0. The van der Waals surface area contributed by atoms with Gasteiger partial charge in [-0.3, -0.25) is 4.79 Å². The maximum absolute atomic E-state index is 10.9. The number of carbonyl (C=O) groups is 1. The molecule has 1 heterocycles. The lowest BCUT2D eigenvalue weighted by atomic mass is 10.3. The highest BCUT2D eigenvalue weighted by Crippen LogP contribution is 2.47. The van der Waals surface area contributed by atoms with Gasteiger partial charge in [-0.15, -0.1) is 0 Å². The highest BCUT2D eigenvalue weighted by Gasteiger charge is 2.58. The zero-order valence-corrected chi connectivity index (χ0v) is 5.61. The topological polar surface area (TPSA) is 35.5 Å². The number of fused-ring (bicyclic) bond motifs is 1. The first-order valence-corrected chi connectivity index (χ1v) is 3.24. The third kappa shape index (κ3) is 0.574. The van der Waals surface area contributed by atoms with E-state index in [1.165, 1.54) is 7.11 Å². The molecule has 0 unspecified atom stereocenters. The van der Waals surface area contributed by atoms with Crippen molar-refractivity contribution < 1.29 is 14.3 Å². The van der Waals surface area contributed by atoms with Crippen LogP contribution in [0.2, 0.25) is 0 Å². The first kappa shape index (κ1) is 5.77. The Hall–Kier alpha value is -0.990. The smallest absolute Gasteiger partial charge is 0.313 e. The van der Waals surface area contributed by atoms with Crippen LogP contribution in [-0.4, -0.2) is 19.2 Å². The van der Waals surface area contributed by atoms with E-state index in [0.717, 1.165) is 0 Å². The Balaban J connectivity index is 2.01. The largest absolute Gasteiger partial charge is 0.497 e. The summed E-state index contributed by atoms with van der Waals surface area (Å²) in [6.45, 7) is 0. The molecule has 3 nitrogen and oxygen atoms in total. The number of esters is 1. The molecule has 1 fully saturated rings. The van der Waals surface area contributed by atoms with Crippen LogP contribution in [0.15, 0.2) is 12.3 Å². The molecule has 1 aliphatic carbocycles. The molecule has 2 aliphatic rings. The minimum atomic E-state index is -0.153. The molecule has 1 aliphatic heterocycles. The third-order valence-corrected chi connectivity index (χ3v) is 2.02. The van der Waals surface area contributed by atoms with Gasteiger partial charge in [0.2, 0.25) is 0 Å². The van der Waals surface area contributed by atoms with Gasteiger partial charge in [-0.25, -0.2) is 0 Å². The van der Waals surface area contributed by atoms with Crippen LogP contribution in [-0.2, 0) is 14.3 Å². The van der Waals surface area contributed by atoms with Crippen molar-refractivity contribution >= 4 is 5.97 Å². The van der Waals surface area contributed by atoms with Gasteiger partial charge in [0.05, 0.1) is 13.4 Å². The molecule has 0 N–H and O–H groups in total. The Bertz CT molecular complexity index is 197. The Labute approximate surface area is 58.6 Å². The van der Waals surface area contributed by atoms with Crippen molar-refractivity contribution in [3.8, 4) is 0 Å². The Morgan fingerprint density at radius 3 is 3.00 bits per heavy atom. The van der Waals surface area contributed by atoms with E-state index in [9.17, 15) is 4.79 Å². The van der Waals surface area contributed by atoms with Crippen molar-refractivity contribution in [2.75, 3.05) is 7.11 Å². The molecule has 1 saturated carbocycles. The van der Waals surface area contributed by atoms with E-state index < -0.39 is 0 Å². The molecule has 0 amide bonds. The number of carbonyl (C=O) groups excluding carboxylic acids is 1. The standard InChI is InChI=1S/C7H8O3/c1-9-7(8)5-4-2-3-10-6(4)5/h2-6H,1H3/t4-,5+,6+/m0/s1. The second-order valence-electron chi connectivity index (χ2n) is 2.56. The molecule has 0 spiro atoms. The summed E-state index contributed by atoms with van der Waals surface area (Å²) in [6, 6.07) is 0. The van der Waals surface area contributed by atoms with Crippen molar-refractivity contribution in [3.05, 3.63) is 12.3 Å². The fraction of sp³-hybridized carbons (Fsp3) is 0.571. The first-order chi connectivity index (χ1) is 4.84.